The highest BCUT2D eigenvalue weighted by molar-refractivity contribution is 6.00. The van der Waals surface area contributed by atoms with E-state index in [9.17, 15) is 9.18 Å². The molecule has 0 saturated carbocycles. The van der Waals surface area contributed by atoms with Crippen LogP contribution >= 0.6 is 0 Å². The molecule has 0 aliphatic heterocycles. The fourth-order valence-corrected chi connectivity index (χ4v) is 1.98. The molecule has 0 aromatic heterocycles. The van der Waals surface area contributed by atoms with Gasteiger partial charge in [-0.1, -0.05) is 31.2 Å². The predicted molar refractivity (Wildman–Crippen MR) is 88.0 cm³/mol. The quantitative estimate of drug-likeness (QED) is 0.655. The molecule has 0 radical (unpaired) electrons. The third kappa shape index (κ3) is 4.65. The predicted octanol–water partition coefficient (Wildman–Crippen LogP) is 3.01. The van der Waals surface area contributed by atoms with Gasteiger partial charge < -0.3 is 4.74 Å². The van der Waals surface area contributed by atoms with Crippen molar-refractivity contribution in [3.05, 3.63) is 65.5 Å². The molecule has 0 saturated heterocycles. The van der Waals surface area contributed by atoms with Crippen molar-refractivity contribution in [3.63, 3.8) is 0 Å². The summed E-state index contributed by atoms with van der Waals surface area (Å²) in [6.45, 7) is 1.62. The Balaban J connectivity index is 1.96. The van der Waals surface area contributed by atoms with Crippen LogP contribution in [0.4, 0.5) is 4.39 Å². The van der Waals surface area contributed by atoms with Gasteiger partial charge in [-0.2, -0.15) is 10.4 Å². The minimum Gasteiger partial charge on any atom is -0.482 e. The van der Waals surface area contributed by atoms with Crippen LogP contribution in [-0.2, 0) is 4.79 Å². The monoisotopic (exact) mass is 325 g/mol. The van der Waals surface area contributed by atoms with Gasteiger partial charge in [0.25, 0.3) is 5.91 Å². The van der Waals surface area contributed by atoms with E-state index in [1.807, 2.05) is 13.0 Å². The summed E-state index contributed by atoms with van der Waals surface area (Å²) in [7, 11) is 0. The van der Waals surface area contributed by atoms with Crippen molar-refractivity contribution in [1.82, 2.24) is 5.43 Å². The van der Waals surface area contributed by atoms with Gasteiger partial charge >= 0.3 is 0 Å². The zero-order valence-corrected chi connectivity index (χ0v) is 13.1. The highest BCUT2D eigenvalue weighted by Crippen LogP contribution is 2.16. The van der Waals surface area contributed by atoms with E-state index in [-0.39, 0.29) is 12.4 Å². The lowest BCUT2D eigenvalue weighted by Gasteiger charge is -2.08. The molecule has 1 amide bonds. The number of halogens is 1. The molecule has 0 fully saturated rings. The number of carbonyl (C=O) groups excluding carboxylic acids is 1. The molecule has 0 atom stereocenters. The fourth-order valence-electron chi connectivity index (χ4n) is 1.98. The molecule has 2 rings (SSSR count). The molecular weight excluding hydrogens is 309 g/mol. The maximum absolute atomic E-state index is 12.9. The fraction of sp³-hybridized carbons (Fsp3) is 0.167. The molecule has 24 heavy (non-hydrogen) atoms. The number of nitrogens with zero attached hydrogens (tertiary/aromatic N) is 2. The Labute approximate surface area is 139 Å². The summed E-state index contributed by atoms with van der Waals surface area (Å²) >= 11 is 0. The maximum Gasteiger partial charge on any atom is 0.277 e. The lowest BCUT2D eigenvalue weighted by molar-refractivity contribution is -0.123. The summed E-state index contributed by atoms with van der Waals surface area (Å²) in [4.78, 5) is 11.8. The summed E-state index contributed by atoms with van der Waals surface area (Å²) < 4.78 is 18.3. The Morgan fingerprint density at radius 2 is 1.96 bits per heavy atom. The molecular formula is C18H16FN3O2. The second-order valence-corrected chi connectivity index (χ2v) is 4.85. The van der Waals surface area contributed by atoms with E-state index in [1.165, 1.54) is 12.1 Å². The first kappa shape index (κ1) is 17.2. The van der Waals surface area contributed by atoms with Crippen LogP contribution < -0.4 is 10.2 Å². The third-order valence-electron chi connectivity index (χ3n) is 3.19. The molecule has 2 aromatic rings. The van der Waals surface area contributed by atoms with Gasteiger partial charge in [0.1, 0.15) is 17.6 Å². The summed E-state index contributed by atoms with van der Waals surface area (Å²) in [5.74, 6) is -0.438. The average Bonchev–Trinajstić information content (AvgIpc) is 2.62. The third-order valence-corrected chi connectivity index (χ3v) is 3.19. The molecule has 0 spiro atoms. The SMILES string of the molecule is CC/C(=N\NC(=O)COc1ccccc1C#N)c1ccc(F)cc1. The van der Waals surface area contributed by atoms with Crippen molar-refractivity contribution in [2.45, 2.75) is 13.3 Å². The first-order valence-corrected chi connectivity index (χ1v) is 7.37. The van der Waals surface area contributed by atoms with E-state index >= 15 is 0 Å². The molecule has 5 nitrogen and oxygen atoms in total. The molecule has 122 valence electrons. The summed E-state index contributed by atoms with van der Waals surface area (Å²) in [5, 5.41) is 13.0. The van der Waals surface area contributed by atoms with Crippen LogP contribution in [0.25, 0.3) is 0 Å². The van der Waals surface area contributed by atoms with Crippen molar-refractivity contribution >= 4 is 11.6 Å². The molecule has 0 aliphatic carbocycles. The topological polar surface area (TPSA) is 74.5 Å². The number of nitriles is 1. The van der Waals surface area contributed by atoms with E-state index < -0.39 is 5.91 Å². The molecule has 0 aliphatic rings. The van der Waals surface area contributed by atoms with Crippen LogP contribution in [0.1, 0.15) is 24.5 Å². The Bertz CT molecular complexity index is 780. The van der Waals surface area contributed by atoms with Gasteiger partial charge in [-0.15, -0.1) is 0 Å². The van der Waals surface area contributed by atoms with Gasteiger partial charge in [0.2, 0.25) is 0 Å². The zero-order chi connectivity index (χ0) is 17.4. The Morgan fingerprint density at radius 3 is 2.62 bits per heavy atom. The Morgan fingerprint density at radius 1 is 1.25 bits per heavy atom. The van der Waals surface area contributed by atoms with Crippen LogP contribution in [-0.4, -0.2) is 18.2 Å². The van der Waals surface area contributed by atoms with E-state index in [1.54, 1.807) is 36.4 Å². The Kier molecular flexibility index (Phi) is 6.03. The minimum atomic E-state index is -0.448. The minimum absolute atomic E-state index is 0.261. The van der Waals surface area contributed by atoms with Crippen molar-refractivity contribution in [1.29, 1.82) is 5.26 Å². The standard InChI is InChI=1S/C18H16FN3O2/c1-2-16(13-7-9-15(19)10-8-13)21-22-18(23)12-24-17-6-4-3-5-14(17)11-20/h3-10H,2,12H2,1H3,(H,22,23)/b21-16+. The summed E-state index contributed by atoms with van der Waals surface area (Å²) in [6.07, 6.45) is 0.573. The number of hydrazone groups is 1. The van der Waals surface area contributed by atoms with Crippen LogP contribution in [0.2, 0.25) is 0 Å². The molecule has 0 heterocycles. The number of hydrogen-bond acceptors (Lipinski definition) is 4. The van der Waals surface area contributed by atoms with Crippen LogP contribution in [0.3, 0.4) is 0 Å². The highest BCUT2D eigenvalue weighted by atomic mass is 19.1. The molecule has 2 aromatic carbocycles. The number of nitrogens with one attached hydrogen (secondary N) is 1. The average molecular weight is 325 g/mol. The first-order chi connectivity index (χ1) is 11.6. The molecule has 0 unspecified atom stereocenters. The van der Waals surface area contributed by atoms with Crippen LogP contribution in [0.15, 0.2) is 53.6 Å². The van der Waals surface area contributed by atoms with Gasteiger partial charge in [0.15, 0.2) is 6.61 Å². The largest absolute Gasteiger partial charge is 0.482 e. The van der Waals surface area contributed by atoms with Crippen molar-refractivity contribution in [2.75, 3.05) is 6.61 Å². The second kappa shape index (κ2) is 8.44. The van der Waals surface area contributed by atoms with Crippen molar-refractivity contribution in [3.8, 4) is 11.8 Å². The number of para-hydroxylation sites is 1. The molecule has 0 bridgehead atoms. The van der Waals surface area contributed by atoms with Crippen molar-refractivity contribution in [2.24, 2.45) is 5.10 Å². The van der Waals surface area contributed by atoms with E-state index in [0.29, 0.717) is 23.4 Å². The van der Waals surface area contributed by atoms with Crippen LogP contribution in [0, 0.1) is 17.1 Å². The highest BCUT2D eigenvalue weighted by Gasteiger charge is 2.07. The van der Waals surface area contributed by atoms with E-state index in [2.05, 4.69) is 10.5 Å². The van der Waals surface area contributed by atoms with Gasteiger partial charge in [-0.05, 0) is 36.2 Å². The number of rotatable bonds is 6. The second-order valence-electron chi connectivity index (χ2n) is 4.85. The lowest BCUT2D eigenvalue weighted by atomic mass is 10.1. The first-order valence-electron chi connectivity index (χ1n) is 7.37. The number of ether oxygens (including phenoxy) is 1. The number of hydrogen-bond donors (Lipinski definition) is 1. The summed E-state index contributed by atoms with van der Waals surface area (Å²) in [5.41, 5.74) is 4.11. The van der Waals surface area contributed by atoms with Crippen molar-refractivity contribution < 1.29 is 13.9 Å². The zero-order valence-electron chi connectivity index (χ0n) is 13.1. The maximum atomic E-state index is 12.9. The lowest BCUT2D eigenvalue weighted by Crippen LogP contribution is -2.26. The van der Waals surface area contributed by atoms with Gasteiger partial charge in [-0.3, -0.25) is 4.79 Å². The van der Waals surface area contributed by atoms with E-state index in [4.69, 9.17) is 10.00 Å². The summed E-state index contributed by atoms with van der Waals surface area (Å²) in [6, 6.07) is 14.5. The molecule has 6 heteroatoms. The van der Waals surface area contributed by atoms with E-state index in [0.717, 1.165) is 5.56 Å². The number of carbonyl (C=O) groups is 1. The van der Waals surface area contributed by atoms with Gasteiger partial charge in [0.05, 0.1) is 11.3 Å². The number of benzene rings is 2. The normalized spacial score (nSPS) is 10.8. The number of amides is 1. The Hall–Kier alpha value is -3.20. The smallest absolute Gasteiger partial charge is 0.277 e. The van der Waals surface area contributed by atoms with Gasteiger partial charge in [-0.25, -0.2) is 9.82 Å². The molecule has 1 N–H and O–H groups in total. The van der Waals surface area contributed by atoms with Crippen LogP contribution in [0.5, 0.6) is 5.75 Å². The van der Waals surface area contributed by atoms with Gasteiger partial charge in [0, 0.05) is 0 Å².